The first-order valence-electron chi connectivity index (χ1n) is 7.69. The molecule has 1 N–H and O–H groups in total. The van der Waals surface area contributed by atoms with Crippen LogP contribution in [-0.2, 0) is 16.6 Å². The van der Waals surface area contributed by atoms with Crippen LogP contribution in [0.15, 0.2) is 48.7 Å². The lowest BCUT2D eigenvalue weighted by molar-refractivity contribution is 0.325. The lowest BCUT2D eigenvalue weighted by atomic mass is 10.1. The minimum Gasteiger partial charge on any atom is -0.297 e. The standard InChI is InChI=1S/C17H21N3O2S/c1-23(21,22)19-16-8-10-20(13-16)12-14-5-4-6-15(11-14)17-7-2-3-9-18-17/h2-7,9,11,16,19H,8,10,12-13H2,1H3/t16-/m1/s1. The summed E-state index contributed by atoms with van der Waals surface area (Å²) in [7, 11) is -3.13. The van der Waals surface area contributed by atoms with Gasteiger partial charge in [-0.3, -0.25) is 9.88 Å². The number of pyridine rings is 1. The minimum atomic E-state index is -3.13. The molecule has 2 aromatic rings. The highest BCUT2D eigenvalue weighted by atomic mass is 32.2. The van der Waals surface area contributed by atoms with Gasteiger partial charge in [0.05, 0.1) is 11.9 Å². The first-order valence-corrected chi connectivity index (χ1v) is 9.59. The van der Waals surface area contributed by atoms with Crippen LogP contribution in [-0.4, -0.2) is 43.7 Å². The molecule has 0 amide bonds. The molecule has 1 aliphatic rings. The van der Waals surface area contributed by atoms with E-state index in [-0.39, 0.29) is 6.04 Å². The van der Waals surface area contributed by atoms with Crippen molar-refractivity contribution in [1.82, 2.24) is 14.6 Å². The predicted molar refractivity (Wildman–Crippen MR) is 91.3 cm³/mol. The van der Waals surface area contributed by atoms with E-state index in [0.717, 1.165) is 37.3 Å². The molecule has 1 aliphatic heterocycles. The molecule has 0 radical (unpaired) electrons. The fourth-order valence-electron chi connectivity index (χ4n) is 3.00. The smallest absolute Gasteiger partial charge is 0.208 e. The summed E-state index contributed by atoms with van der Waals surface area (Å²) in [6.45, 7) is 2.48. The van der Waals surface area contributed by atoms with Gasteiger partial charge in [-0.25, -0.2) is 13.1 Å². The molecule has 3 rings (SSSR count). The highest BCUT2D eigenvalue weighted by Crippen LogP contribution is 2.20. The highest BCUT2D eigenvalue weighted by Gasteiger charge is 2.24. The fourth-order valence-corrected chi connectivity index (χ4v) is 3.79. The Balaban J connectivity index is 1.65. The Bertz CT molecular complexity index is 762. The third-order valence-corrected chi connectivity index (χ3v) is 4.71. The van der Waals surface area contributed by atoms with Crippen molar-refractivity contribution in [3.05, 3.63) is 54.2 Å². The van der Waals surface area contributed by atoms with Crippen molar-refractivity contribution in [1.29, 1.82) is 0 Å². The maximum absolute atomic E-state index is 11.3. The largest absolute Gasteiger partial charge is 0.297 e. The van der Waals surface area contributed by atoms with Crippen molar-refractivity contribution in [2.75, 3.05) is 19.3 Å². The summed E-state index contributed by atoms with van der Waals surface area (Å²) in [6.07, 6.45) is 3.86. The van der Waals surface area contributed by atoms with Crippen molar-refractivity contribution in [2.24, 2.45) is 0 Å². The molecule has 5 nitrogen and oxygen atoms in total. The third-order valence-electron chi connectivity index (χ3n) is 3.95. The van der Waals surface area contributed by atoms with E-state index in [1.54, 1.807) is 6.20 Å². The van der Waals surface area contributed by atoms with Crippen LogP contribution in [0.4, 0.5) is 0 Å². The SMILES string of the molecule is CS(=O)(=O)N[C@@H]1CCN(Cc2cccc(-c3ccccn3)c2)C1. The van der Waals surface area contributed by atoms with Crippen LogP contribution >= 0.6 is 0 Å². The maximum atomic E-state index is 11.3. The van der Waals surface area contributed by atoms with Crippen LogP contribution in [0.5, 0.6) is 0 Å². The number of nitrogens with zero attached hydrogens (tertiary/aromatic N) is 2. The molecule has 23 heavy (non-hydrogen) atoms. The summed E-state index contributed by atoms with van der Waals surface area (Å²) in [4.78, 5) is 6.66. The molecule has 0 aliphatic carbocycles. The van der Waals surface area contributed by atoms with E-state index >= 15 is 0 Å². The second kappa shape index (κ2) is 6.78. The molecular formula is C17H21N3O2S. The van der Waals surface area contributed by atoms with Gasteiger partial charge in [-0.15, -0.1) is 0 Å². The maximum Gasteiger partial charge on any atom is 0.208 e. The van der Waals surface area contributed by atoms with E-state index in [1.165, 1.54) is 11.8 Å². The van der Waals surface area contributed by atoms with E-state index < -0.39 is 10.0 Å². The Kier molecular flexibility index (Phi) is 4.75. The summed E-state index contributed by atoms with van der Waals surface area (Å²) < 4.78 is 25.3. The number of hydrogen-bond acceptors (Lipinski definition) is 4. The summed E-state index contributed by atoms with van der Waals surface area (Å²) in [5.41, 5.74) is 3.29. The molecule has 0 spiro atoms. The van der Waals surface area contributed by atoms with Crippen molar-refractivity contribution in [3.63, 3.8) is 0 Å². The topological polar surface area (TPSA) is 62.3 Å². The van der Waals surface area contributed by atoms with Gasteiger partial charge in [-0.2, -0.15) is 0 Å². The van der Waals surface area contributed by atoms with E-state index in [2.05, 4.69) is 32.8 Å². The lowest BCUT2D eigenvalue weighted by Crippen LogP contribution is -2.36. The second-order valence-corrected chi connectivity index (χ2v) is 7.81. The Morgan fingerprint density at radius 1 is 1.26 bits per heavy atom. The summed E-state index contributed by atoms with van der Waals surface area (Å²) in [6, 6.07) is 14.3. The van der Waals surface area contributed by atoms with Gasteiger partial charge in [-0.1, -0.05) is 24.3 Å². The molecule has 6 heteroatoms. The Morgan fingerprint density at radius 3 is 2.87 bits per heavy atom. The summed E-state index contributed by atoms with van der Waals surface area (Å²) in [5.74, 6) is 0. The predicted octanol–water partition coefficient (Wildman–Crippen LogP) is 1.87. The second-order valence-electron chi connectivity index (χ2n) is 6.03. The first-order chi connectivity index (χ1) is 11.0. The number of aromatic nitrogens is 1. The molecule has 0 unspecified atom stereocenters. The van der Waals surface area contributed by atoms with Crippen LogP contribution in [0.25, 0.3) is 11.3 Å². The van der Waals surface area contributed by atoms with Crippen LogP contribution in [0, 0.1) is 0 Å². The van der Waals surface area contributed by atoms with Crippen LogP contribution < -0.4 is 4.72 Å². The van der Waals surface area contributed by atoms with Crippen LogP contribution in [0.3, 0.4) is 0 Å². The normalized spacial score (nSPS) is 19.1. The minimum absolute atomic E-state index is 0.0176. The number of nitrogens with one attached hydrogen (secondary N) is 1. The zero-order chi connectivity index (χ0) is 16.3. The lowest BCUT2D eigenvalue weighted by Gasteiger charge is -2.16. The quantitative estimate of drug-likeness (QED) is 0.908. The van der Waals surface area contributed by atoms with Gasteiger partial charge < -0.3 is 0 Å². The average molecular weight is 331 g/mol. The van der Waals surface area contributed by atoms with Crippen molar-refractivity contribution in [3.8, 4) is 11.3 Å². The number of hydrogen-bond donors (Lipinski definition) is 1. The molecule has 1 saturated heterocycles. The van der Waals surface area contributed by atoms with E-state index in [0.29, 0.717) is 0 Å². The van der Waals surface area contributed by atoms with E-state index in [4.69, 9.17) is 0 Å². The first kappa shape index (κ1) is 16.1. The van der Waals surface area contributed by atoms with Gasteiger partial charge in [-0.05, 0) is 30.2 Å². The summed E-state index contributed by atoms with van der Waals surface area (Å²) in [5, 5.41) is 0. The molecule has 1 aromatic carbocycles. The van der Waals surface area contributed by atoms with Gasteiger partial charge in [0.15, 0.2) is 0 Å². The highest BCUT2D eigenvalue weighted by molar-refractivity contribution is 7.88. The van der Waals surface area contributed by atoms with Gasteiger partial charge in [0.25, 0.3) is 0 Å². The zero-order valence-corrected chi connectivity index (χ0v) is 14.0. The van der Waals surface area contributed by atoms with Gasteiger partial charge in [0, 0.05) is 37.4 Å². The summed E-state index contributed by atoms with van der Waals surface area (Å²) >= 11 is 0. The monoisotopic (exact) mass is 331 g/mol. The van der Waals surface area contributed by atoms with Crippen molar-refractivity contribution < 1.29 is 8.42 Å². The molecule has 1 atom stereocenters. The average Bonchev–Trinajstić information content (AvgIpc) is 2.93. The Labute approximate surface area is 137 Å². The van der Waals surface area contributed by atoms with E-state index in [1.807, 2.05) is 24.3 Å². The molecular weight excluding hydrogens is 310 g/mol. The zero-order valence-electron chi connectivity index (χ0n) is 13.1. The molecule has 2 heterocycles. The van der Waals surface area contributed by atoms with Crippen LogP contribution in [0.1, 0.15) is 12.0 Å². The number of sulfonamides is 1. The molecule has 0 saturated carbocycles. The Hall–Kier alpha value is -1.76. The van der Waals surface area contributed by atoms with Gasteiger partial charge in [0.1, 0.15) is 0 Å². The molecule has 122 valence electrons. The number of likely N-dealkylation sites (tertiary alicyclic amines) is 1. The van der Waals surface area contributed by atoms with Crippen molar-refractivity contribution in [2.45, 2.75) is 19.0 Å². The molecule has 1 aromatic heterocycles. The van der Waals surface area contributed by atoms with E-state index in [9.17, 15) is 8.42 Å². The van der Waals surface area contributed by atoms with Gasteiger partial charge >= 0.3 is 0 Å². The fraction of sp³-hybridized carbons (Fsp3) is 0.353. The van der Waals surface area contributed by atoms with Crippen molar-refractivity contribution >= 4 is 10.0 Å². The molecule has 1 fully saturated rings. The van der Waals surface area contributed by atoms with Crippen LogP contribution in [0.2, 0.25) is 0 Å². The third kappa shape index (κ3) is 4.60. The number of benzene rings is 1. The molecule has 0 bridgehead atoms. The number of rotatable bonds is 5. The Morgan fingerprint density at radius 2 is 2.13 bits per heavy atom. The van der Waals surface area contributed by atoms with Gasteiger partial charge in [0.2, 0.25) is 10.0 Å².